The van der Waals surface area contributed by atoms with Crippen molar-refractivity contribution in [3.63, 3.8) is 0 Å². The number of Topliss-reactive ketones (excluding diaryl/α,β-unsaturated/α-hetero) is 4. The molecule has 554 valence electrons. The summed E-state index contributed by atoms with van der Waals surface area (Å²) in [6.07, 6.45) is 9.86. The molecule has 0 amide bonds. The number of nitrogens with zero attached hydrogens (tertiary/aromatic N) is 10. The predicted molar refractivity (Wildman–Crippen MR) is 423 cm³/mol. The molecule has 5 aliphatic rings. The minimum atomic E-state index is -0.452. The molecule has 5 heterocycles. The summed E-state index contributed by atoms with van der Waals surface area (Å²) >= 11 is 0. The Balaban J connectivity index is 0.000000149. The van der Waals surface area contributed by atoms with Gasteiger partial charge in [0.15, 0.2) is 23.1 Å². The van der Waals surface area contributed by atoms with Gasteiger partial charge in [-0.2, -0.15) is 0 Å². The Hall–Kier alpha value is -10.9. The van der Waals surface area contributed by atoms with E-state index < -0.39 is 19.7 Å². The number of likely N-dealkylation sites (tertiary alicyclic amines) is 1. The van der Waals surface area contributed by atoms with Crippen LogP contribution in [0.4, 0.5) is 22.7 Å². The molecule has 1 saturated heterocycles. The molecule has 0 saturated carbocycles. The zero-order chi connectivity index (χ0) is 71.5. The molecule has 1 unspecified atom stereocenters. The van der Waals surface area contributed by atoms with E-state index in [0.717, 1.165) is 157 Å². The maximum Gasteiger partial charge on any atom is 0.270 e. The van der Waals surface area contributed by atoms with Crippen LogP contribution in [0.5, 0.6) is 0 Å². The van der Waals surface area contributed by atoms with Crippen molar-refractivity contribution in [1.82, 2.24) is 33.4 Å². The predicted octanol–water partition coefficient (Wildman–Crippen LogP) is 16.9. The van der Waals surface area contributed by atoms with E-state index in [4.69, 9.17) is 5.73 Å². The molecular formula is C82H94N12O12. The topological polar surface area (TPSA) is 305 Å². The van der Waals surface area contributed by atoms with Crippen LogP contribution in [-0.2, 0) is 51.9 Å². The Morgan fingerprint density at radius 1 is 0.443 bits per heavy atom. The van der Waals surface area contributed by atoms with Gasteiger partial charge >= 0.3 is 0 Å². The summed E-state index contributed by atoms with van der Waals surface area (Å²) in [5, 5.41) is 55.4. The van der Waals surface area contributed by atoms with Gasteiger partial charge in [0, 0.05) is 229 Å². The van der Waals surface area contributed by atoms with Gasteiger partial charge in [0.1, 0.15) is 0 Å². The second kappa shape index (κ2) is 31.8. The van der Waals surface area contributed by atoms with E-state index in [2.05, 4.69) is 71.6 Å². The first kappa shape index (κ1) is 77.7. The van der Waals surface area contributed by atoms with Crippen molar-refractivity contribution < 1.29 is 38.9 Å². The first-order valence-electron chi connectivity index (χ1n) is 35.0. The molecule has 24 nitrogen and oxygen atoms in total. The fourth-order valence-electron chi connectivity index (χ4n) is 16.6. The number of fused-ring (bicyclic) bond motifs is 20. The molecule has 3 N–H and O–H groups in total. The number of aromatic nitrogens is 4. The average molecular weight is 1440 g/mol. The maximum atomic E-state index is 12.3. The van der Waals surface area contributed by atoms with Crippen LogP contribution in [0.2, 0.25) is 0 Å². The SMILES string of the molecule is C.C.C.C.CCNCCn1c2ccc3c(c2c2c4c(ccc21)C(=O)CC4)CCC3=O.CN(C)CCCn1c2ccc([N+](=O)[O-])cc2c2cc([N+](=O)[O-])ccc21.CN1CCCC1CCn1c2ccc([N+](=O)[O-])cc2c2cc([N+](=O)[O-])ccc21.NCCn1c2ccc3c(c2c2c4c(ccc21)C(=O)CC4)CCC3=O. The highest BCUT2D eigenvalue weighted by Gasteiger charge is 2.32. The number of ketones is 4. The van der Waals surface area contributed by atoms with E-state index in [1.807, 2.05) is 38.4 Å². The van der Waals surface area contributed by atoms with Crippen molar-refractivity contribution in [2.75, 3.05) is 53.9 Å². The molecule has 0 radical (unpaired) electrons. The minimum Gasteiger partial charge on any atom is -0.340 e. The van der Waals surface area contributed by atoms with Gasteiger partial charge in [-0.05, 0) is 187 Å². The zero-order valence-electron chi connectivity index (χ0n) is 57.4. The highest BCUT2D eigenvalue weighted by atomic mass is 16.6. The van der Waals surface area contributed by atoms with Crippen LogP contribution >= 0.6 is 0 Å². The molecule has 1 fully saturated rings. The maximum absolute atomic E-state index is 12.3. The average Bonchev–Trinajstić information content (AvgIpc) is 1.57. The van der Waals surface area contributed by atoms with E-state index >= 15 is 0 Å². The summed E-state index contributed by atoms with van der Waals surface area (Å²) in [7, 11) is 6.13. The Morgan fingerprint density at radius 3 is 1.05 bits per heavy atom. The first-order valence-corrected chi connectivity index (χ1v) is 35.0. The Morgan fingerprint density at radius 2 is 0.755 bits per heavy atom. The number of likely N-dealkylation sites (N-methyl/N-ethyl adjacent to an activating group) is 1. The van der Waals surface area contributed by atoms with Crippen LogP contribution in [0.25, 0.3) is 87.2 Å². The lowest BCUT2D eigenvalue weighted by atomic mass is 9.98. The number of hydrogen-bond donors (Lipinski definition) is 2. The van der Waals surface area contributed by atoms with Crippen LogP contribution in [0, 0.1) is 40.5 Å². The first-order chi connectivity index (χ1) is 49.2. The third-order valence-corrected chi connectivity index (χ3v) is 21.4. The smallest absolute Gasteiger partial charge is 0.270 e. The van der Waals surface area contributed by atoms with Gasteiger partial charge < -0.3 is 39.1 Å². The number of non-ortho nitro benzene ring substituents is 4. The molecule has 1 atom stereocenters. The molecule has 12 aromatic rings. The number of carbonyl (C=O) groups excluding carboxylic acids is 4. The van der Waals surface area contributed by atoms with E-state index in [9.17, 15) is 59.6 Å². The normalized spacial score (nSPS) is 14.9. The van der Waals surface area contributed by atoms with Gasteiger partial charge in [-0.3, -0.25) is 59.6 Å². The van der Waals surface area contributed by atoms with Gasteiger partial charge in [-0.25, -0.2) is 0 Å². The second-order valence-corrected chi connectivity index (χ2v) is 27.4. The number of nitrogens with two attached hydrogens (primary N) is 1. The van der Waals surface area contributed by atoms with Crippen molar-refractivity contribution in [2.45, 2.75) is 146 Å². The summed E-state index contributed by atoms with van der Waals surface area (Å²) in [5.74, 6) is 0.962. The van der Waals surface area contributed by atoms with E-state index in [1.165, 1.54) is 105 Å². The Bertz CT molecular complexity index is 5240. The number of aryl methyl sites for hydroxylation is 6. The van der Waals surface area contributed by atoms with Gasteiger partial charge in [-0.1, -0.05) is 36.6 Å². The number of benzene rings is 8. The monoisotopic (exact) mass is 1440 g/mol. The summed E-state index contributed by atoms with van der Waals surface area (Å²) in [6, 6.07) is 35.6. The number of nitrogens with one attached hydrogen (secondary N) is 1. The molecule has 1 aliphatic heterocycles. The van der Waals surface area contributed by atoms with Crippen molar-refractivity contribution in [3.05, 3.63) is 206 Å². The van der Waals surface area contributed by atoms with Gasteiger partial charge in [0.25, 0.3) is 22.7 Å². The summed E-state index contributed by atoms with van der Waals surface area (Å²) in [5.41, 5.74) is 22.0. The molecule has 24 heteroatoms. The molecule has 4 aromatic heterocycles. The van der Waals surface area contributed by atoms with Gasteiger partial charge in [-0.15, -0.1) is 0 Å². The van der Waals surface area contributed by atoms with E-state index in [-0.39, 0.29) is 75.6 Å². The number of hydrogen-bond acceptors (Lipinski definition) is 16. The third-order valence-electron chi connectivity index (χ3n) is 21.4. The highest BCUT2D eigenvalue weighted by Crippen LogP contribution is 2.45. The largest absolute Gasteiger partial charge is 0.340 e. The molecule has 106 heavy (non-hydrogen) atoms. The van der Waals surface area contributed by atoms with Crippen molar-refractivity contribution in [2.24, 2.45) is 5.73 Å². The molecule has 8 aromatic carbocycles. The van der Waals surface area contributed by atoms with Gasteiger partial charge in [0.2, 0.25) is 0 Å². The van der Waals surface area contributed by atoms with Crippen LogP contribution < -0.4 is 11.1 Å². The number of nitro benzene ring substituents is 4. The zero-order valence-corrected chi connectivity index (χ0v) is 57.4. The van der Waals surface area contributed by atoms with Gasteiger partial charge in [0.05, 0.1) is 19.7 Å². The Labute approximate surface area is 614 Å². The van der Waals surface area contributed by atoms with Crippen LogP contribution in [0.15, 0.2) is 121 Å². The number of carbonyl (C=O) groups is 4. The fourth-order valence-corrected chi connectivity index (χ4v) is 16.6. The lowest BCUT2D eigenvalue weighted by Crippen LogP contribution is -2.26. The van der Waals surface area contributed by atoms with Crippen molar-refractivity contribution in [3.8, 4) is 0 Å². The van der Waals surface area contributed by atoms with Crippen LogP contribution in [0.1, 0.15) is 152 Å². The molecule has 17 rings (SSSR count). The van der Waals surface area contributed by atoms with Crippen LogP contribution in [0.3, 0.4) is 0 Å². The Kier molecular flexibility index (Phi) is 23.3. The highest BCUT2D eigenvalue weighted by molar-refractivity contribution is 6.21. The minimum absolute atomic E-state index is 0. The molecule has 4 aliphatic carbocycles. The molecule has 0 bridgehead atoms. The fraction of sp³-hybridized carbons (Fsp3) is 0.366. The number of rotatable bonds is 17. The lowest BCUT2D eigenvalue weighted by molar-refractivity contribution is -0.385. The third kappa shape index (κ3) is 13.9. The van der Waals surface area contributed by atoms with E-state index in [0.29, 0.717) is 59.8 Å². The summed E-state index contributed by atoms with van der Waals surface area (Å²) < 4.78 is 8.81. The summed E-state index contributed by atoms with van der Waals surface area (Å²) in [6.45, 7) is 9.66. The molecule has 0 spiro atoms. The van der Waals surface area contributed by atoms with Crippen molar-refractivity contribution in [1.29, 1.82) is 0 Å². The lowest BCUT2D eigenvalue weighted by Gasteiger charge is -2.20. The van der Waals surface area contributed by atoms with Crippen molar-refractivity contribution >= 4 is 133 Å². The quantitative estimate of drug-likeness (QED) is 0.0486. The summed E-state index contributed by atoms with van der Waals surface area (Å²) in [4.78, 5) is 96.2. The number of nitro groups is 4. The van der Waals surface area contributed by atoms with Crippen LogP contribution in [-0.4, -0.2) is 131 Å². The van der Waals surface area contributed by atoms with E-state index in [1.54, 1.807) is 24.3 Å². The second-order valence-electron chi connectivity index (χ2n) is 27.4. The molecular weight excluding hydrogens is 1340 g/mol. The standard InChI is InChI=1S/C22H22N2O2.C20H18N2O2.C19H20N4O4.C17H18N4O4.4CH4/c1-2-23-11-12-24-17-7-3-13-15(5-9-19(13)25)21(17)22-16-6-10-20(26)14(16)4-8-18(22)24;21-9-10-22-15-5-1-11-13(3-7-17(11)23)19(15)20-14-4-8-18(24)12(14)2-6-16(20)22;1-20-9-2-3-13(20)8-10-21-18-6-4-14(22(24)25)11-16(18)17-12-15(23(26)27)5-7-19(17)21;1-18(2)8-3-9-19-16-6-4-12(20(22)23)10-14(16)15-11-13(21(24)25)5-7-17(15)19;;;;/h3-4,7-8,23H,2,5-6,9-12H2,1H3;1-2,5-6H,3-4,7-10,21H2;4-7,11-13H,2-3,8-10H2,1H3;4-7,10-11H,3,8-9H2,1-2H3;4*1H4.